The molecule has 3 aliphatic rings. The van der Waals surface area contributed by atoms with Crippen molar-refractivity contribution in [1.29, 1.82) is 0 Å². The van der Waals surface area contributed by atoms with Crippen molar-refractivity contribution in [2.24, 2.45) is 0 Å². The van der Waals surface area contributed by atoms with Crippen LogP contribution in [0.2, 0.25) is 0 Å². The molecular formula is C11H19NO5S2. The highest BCUT2D eigenvalue weighted by Crippen LogP contribution is 2.40. The second-order valence-corrected chi connectivity index (χ2v) is 10.3. The maximum atomic E-state index is 12.6. The van der Waals surface area contributed by atoms with Crippen LogP contribution >= 0.6 is 0 Å². The van der Waals surface area contributed by atoms with Crippen molar-refractivity contribution >= 4 is 19.9 Å². The van der Waals surface area contributed by atoms with Crippen molar-refractivity contribution in [2.45, 2.75) is 55.5 Å². The third-order valence-corrected chi connectivity index (χ3v) is 8.95. The topological polar surface area (TPSA) is 91.8 Å². The van der Waals surface area contributed by atoms with E-state index in [4.69, 9.17) is 0 Å². The van der Waals surface area contributed by atoms with E-state index in [0.717, 1.165) is 12.8 Å². The van der Waals surface area contributed by atoms with Crippen molar-refractivity contribution < 1.29 is 21.9 Å². The van der Waals surface area contributed by atoms with Gasteiger partial charge in [0.05, 0.1) is 22.9 Å². The van der Waals surface area contributed by atoms with Crippen molar-refractivity contribution in [1.82, 2.24) is 4.31 Å². The Morgan fingerprint density at radius 1 is 1.05 bits per heavy atom. The van der Waals surface area contributed by atoms with Gasteiger partial charge in [-0.2, -0.15) is 4.31 Å². The van der Waals surface area contributed by atoms with E-state index in [1.54, 1.807) is 0 Å². The molecular weight excluding hydrogens is 290 g/mol. The quantitative estimate of drug-likeness (QED) is 0.742. The third-order valence-electron chi connectivity index (χ3n) is 4.55. The van der Waals surface area contributed by atoms with Crippen molar-refractivity contribution in [3.63, 3.8) is 0 Å². The Morgan fingerprint density at radius 3 is 2.11 bits per heavy atom. The van der Waals surface area contributed by atoms with Gasteiger partial charge in [-0.1, -0.05) is 0 Å². The zero-order valence-corrected chi connectivity index (χ0v) is 12.2. The van der Waals surface area contributed by atoms with Crippen LogP contribution in [0.15, 0.2) is 0 Å². The molecule has 0 amide bonds. The highest BCUT2D eigenvalue weighted by atomic mass is 32.2. The number of fused-ring (bicyclic) bond motifs is 2. The second kappa shape index (κ2) is 4.41. The fourth-order valence-electron chi connectivity index (χ4n) is 3.69. The zero-order valence-electron chi connectivity index (χ0n) is 10.6. The van der Waals surface area contributed by atoms with Gasteiger partial charge in [0.25, 0.3) is 0 Å². The number of piperidine rings is 1. The zero-order chi connectivity index (χ0) is 13.8. The van der Waals surface area contributed by atoms with Crippen LogP contribution in [0.3, 0.4) is 0 Å². The third kappa shape index (κ3) is 2.32. The van der Waals surface area contributed by atoms with Gasteiger partial charge in [0, 0.05) is 12.1 Å². The summed E-state index contributed by atoms with van der Waals surface area (Å²) in [6.45, 7) is 0. The molecule has 3 saturated heterocycles. The number of hydrogen-bond donors (Lipinski definition) is 1. The average Bonchev–Trinajstić information content (AvgIpc) is 2.78. The molecule has 3 rings (SSSR count). The van der Waals surface area contributed by atoms with E-state index in [1.807, 2.05) is 0 Å². The summed E-state index contributed by atoms with van der Waals surface area (Å²) in [4.78, 5) is 0. The summed E-state index contributed by atoms with van der Waals surface area (Å²) in [5.74, 6) is -0.267. The lowest BCUT2D eigenvalue weighted by molar-refractivity contribution is 0.0765. The molecule has 3 fully saturated rings. The average molecular weight is 309 g/mol. The van der Waals surface area contributed by atoms with E-state index in [9.17, 15) is 21.9 Å². The summed E-state index contributed by atoms with van der Waals surface area (Å²) in [5.41, 5.74) is 0. The molecule has 0 radical (unpaired) electrons. The summed E-state index contributed by atoms with van der Waals surface area (Å²) in [5, 5.41) is 8.92. The first-order valence-electron chi connectivity index (χ1n) is 6.70. The van der Waals surface area contributed by atoms with Crippen LogP contribution in [0.4, 0.5) is 0 Å². The Balaban J connectivity index is 1.86. The van der Waals surface area contributed by atoms with Crippen LogP contribution < -0.4 is 0 Å². The smallest absolute Gasteiger partial charge is 0.218 e. The minimum absolute atomic E-state index is 0.0251. The van der Waals surface area contributed by atoms with Gasteiger partial charge >= 0.3 is 0 Å². The summed E-state index contributed by atoms with van der Waals surface area (Å²) in [6.07, 6.45) is 2.31. The van der Waals surface area contributed by atoms with Gasteiger partial charge < -0.3 is 5.11 Å². The molecule has 2 bridgehead atoms. The van der Waals surface area contributed by atoms with Crippen molar-refractivity contribution in [3.8, 4) is 0 Å². The van der Waals surface area contributed by atoms with E-state index in [1.165, 1.54) is 4.31 Å². The molecule has 110 valence electrons. The van der Waals surface area contributed by atoms with Crippen LogP contribution in [-0.2, 0) is 19.9 Å². The lowest BCUT2D eigenvalue weighted by Gasteiger charge is -2.37. The van der Waals surface area contributed by atoms with Crippen molar-refractivity contribution in [2.75, 3.05) is 11.5 Å². The number of sulfone groups is 1. The molecule has 6 nitrogen and oxygen atoms in total. The van der Waals surface area contributed by atoms with Gasteiger partial charge in [-0.15, -0.1) is 0 Å². The Bertz CT molecular complexity index is 556. The molecule has 0 aromatic carbocycles. The highest BCUT2D eigenvalue weighted by molar-refractivity contribution is 7.95. The number of sulfonamides is 1. The van der Waals surface area contributed by atoms with E-state index >= 15 is 0 Å². The molecule has 3 heterocycles. The molecule has 0 aromatic rings. The van der Waals surface area contributed by atoms with Crippen LogP contribution in [0.1, 0.15) is 32.1 Å². The Hall–Kier alpha value is -0.180. The van der Waals surface area contributed by atoms with Crippen LogP contribution in [-0.4, -0.2) is 61.2 Å². The molecule has 3 atom stereocenters. The lowest BCUT2D eigenvalue weighted by atomic mass is 10.0. The first-order chi connectivity index (χ1) is 8.79. The predicted molar refractivity (Wildman–Crippen MR) is 69.9 cm³/mol. The van der Waals surface area contributed by atoms with E-state index in [-0.39, 0.29) is 30.0 Å². The minimum atomic E-state index is -3.55. The standard InChI is InChI=1S/C11H19NO5S2/c13-10-5-8-1-2-9(6-10)12(8)19(16,17)11-3-4-18(14,15)7-11/h8-11,13H,1-7H2. The van der Waals surface area contributed by atoms with E-state index in [0.29, 0.717) is 12.8 Å². The molecule has 19 heavy (non-hydrogen) atoms. The fourth-order valence-corrected chi connectivity index (χ4v) is 8.67. The molecule has 0 saturated carbocycles. The van der Waals surface area contributed by atoms with Crippen LogP contribution in [0, 0.1) is 0 Å². The number of aliphatic hydroxyl groups is 1. The lowest BCUT2D eigenvalue weighted by Crippen LogP contribution is -2.51. The summed E-state index contributed by atoms with van der Waals surface area (Å²) < 4.78 is 49.7. The predicted octanol–water partition coefficient (Wildman–Crippen LogP) is -0.509. The summed E-state index contributed by atoms with van der Waals surface area (Å²) >= 11 is 0. The Morgan fingerprint density at radius 2 is 1.63 bits per heavy atom. The van der Waals surface area contributed by atoms with Gasteiger partial charge in [-0.05, 0) is 32.1 Å². The van der Waals surface area contributed by atoms with Gasteiger partial charge in [0.15, 0.2) is 9.84 Å². The molecule has 8 heteroatoms. The largest absolute Gasteiger partial charge is 0.393 e. The number of aliphatic hydroxyl groups excluding tert-OH is 1. The molecule has 0 spiro atoms. The second-order valence-electron chi connectivity index (χ2n) is 5.91. The fraction of sp³-hybridized carbons (Fsp3) is 1.00. The molecule has 3 unspecified atom stereocenters. The van der Waals surface area contributed by atoms with Gasteiger partial charge in [-0.3, -0.25) is 0 Å². The Kier molecular flexibility index (Phi) is 3.20. The maximum absolute atomic E-state index is 12.6. The number of nitrogens with zero attached hydrogens (tertiary/aromatic N) is 1. The molecule has 0 aromatic heterocycles. The van der Waals surface area contributed by atoms with Crippen LogP contribution in [0.25, 0.3) is 0 Å². The van der Waals surface area contributed by atoms with Crippen molar-refractivity contribution in [3.05, 3.63) is 0 Å². The first kappa shape index (κ1) is 13.8. The highest BCUT2D eigenvalue weighted by Gasteiger charge is 2.50. The van der Waals surface area contributed by atoms with Gasteiger partial charge in [0.2, 0.25) is 10.0 Å². The minimum Gasteiger partial charge on any atom is -0.393 e. The maximum Gasteiger partial charge on any atom is 0.218 e. The van der Waals surface area contributed by atoms with E-state index < -0.39 is 31.2 Å². The number of rotatable bonds is 2. The molecule has 1 N–H and O–H groups in total. The summed E-state index contributed by atoms with van der Waals surface area (Å²) in [7, 11) is -6.75. The summed E-state index contributed by atoms with van der Waals surface area (Å²) in [6, 6.07) is -0.274. The number of hydrogen-bond acceptors (Lipinski definition) is 5. The Labute approximate surface area is 113 Å². The first-order valence-corrected chi connectivity index (χ1v) is 10.0. The van der Waals surface area contributed by atoms with Gasteiger partial charge in [0.1, 0.15) is 0 Å². The normalized spacial score (nSPS) is 42.6. The van der Waals surface area contributed by atoms with Gasteiger partial charge in [-0.25, -0.2) is 16.8 Å². The van der Waals surface area contributed by atoms with E-state index in [2.05, 4.69) is 0 Å². The molecule has 3 aliphatic heterocycles. The van der Waals surface area contributed by atoms with Crippen LogP contribution in [0.5, 0.6) is 0 Å². The SMILES string of the molecule is O=S1(=O)CCC(S(=O)(=O)N2C3CCC2CC(O)C3)C1. The molecule has 0 aliphatic carbocycles. The monoisotopic (exact) mass is 309 g/mol.